The van der Waals surface area contributed by atoms with E-state index in [1.54, 1.807) is 0 Å². The summed E-state index contributed by atoms with van der Waals surface area (Å²) in [6.45, 7) is 13.7. The first-order valence-electron chi connectivity index (χ1n) is 22.2. The molecule has 6 heteroatoms. The van der Waals surface area contributed by atoms with Crippen LogP contribution in [0.15, 0.2) is 12.7 Å². The van der Waals surface area contributed by atoms with Crippen molar-refractivity contribution >= 4 is 11.9 Å². The number of unbranched alkanes of at least 4 members (excludes halogenated alkanes) is 16. The maximum Gasteiger partial charge on any atom is 0.308 e. The minimum absolute atomic E-state index is 0.00263. The molecule has 0 aliphatic rings. The van der Waals surface area contributed by atoms with Crippen LogP contribution in [0.1, 0.15) is 207 Å². The third-order valence-electron chi connectivity index (χ3n) is 10.7. The van der Waals surface area contributed by atoms with E-state index in [1.807, 2.05) is 6.08 Å². The Labute approximate surface area is 317 Å². The zero-order valence-corrected chi connectivity index (χ0v) is 34.6. The van der Waals surface area contributed by atoms with Gasteiger partial charge < -0.3 is 19.5 Å². The summed E-state index contributed by atoms with van der Waals surface area (Å²) >= 11 is 0. The molecule has 0 rings (SSSR count). The second kappa shape index (κ2) is 38.3. The number of hydrogen-bond acceptors (Lipinski definition) is 6. The minimum atomic E-state index is -0.0171. The Hall–Kier alpha value is -1.40. The van der Waals surface area contributed by atoms with Crippen LogP contribution in [0.4, 0.5) is 0 Å². The van der Waals surface area contributed by atoms with Crippen molar-refractivity contribution in [3.63, 3.8) is 0 Å². The maximum atomic E-state index is 13.3. The lowest BCUT2D eigenvalue weighted by Crippen LogP contribution is -2.23. The van der Waals surface area contributed by atoms with Gasteiger partial charge >= 0.3 is 11.9 Å². The van der Waals surface area contributed by atoms with E-state index in [9.17, 15) is 9.59 Å². The molecule has 0 bridgehead atoms. The summed E-state index contributed by atoms with van der Waals surface area (Å²) in [5.74, 6) is 0.353. The third kappa shape index (κ3) is 31.8. The fraction of sp³-hybridized carbons (Fsp3) is 0.911. The summed E-state index contributed by atoms with van der Waals surface area (Å²) in [5.41, 5.74) is 0. The molecule has 1 N–H and O–H groups in total. The van der Waals surface area contributed by atoms with Crippen LogP contribution in [-0.4, -0.2) is 61.9 Å². The van der Waals surface area contributed by atoms with Crippen molar-refractivity contribution in [3.05, 3.63) is 12.7 Å². The van der Waals surface area contributed by atoms with E-state index in [1.165, 1.54) is 83.5 Å². The van der Waals surface area contributed by atoms with Gasteiger partial charge in [-0.3, -0.25) is 9.59 Å². The Bertz CT molecular complexity index is 774. The predicted molar refractivity (Wildman–Crippen MR) is 218 cm³/mol. The number of esters is 2. The normalized spacial score (nSPS) is 13.3. The van der Waals surface area contributed by atoms with Crippen LogP contribution < -0.4 is 0 Å². The van der Waals surface area contributed by atoms with E-state index in [0.717, 1.165) is 116 Å². The minimum Gasteiger partial charge on any atom is -0.465 e. The Balaban J connectivity index is 5.15. The van der Waals surface area contributed by atoms with Crippen LogP contribution in [0.2, 0.25) is 0 Å². The molecule has 0 saturated carbocycles. The summed E-state index contributed by atoms with van der Waals surface area (Å²) in [6, 6.07) is 0. The fourth-order valence-electron chi connectivity index (χ4n) is 7.18. The number of carbonyl (C=O) groups excluding carboxylic acids is 2. The monoisotopic (exact) mass is 722 g/mol. The quantitative estimate of drug-likeness (QED) is 0.0386. The van der Waals surface area contributed by atoms with Gasteiger partial charge in [0.2, 0.25) is 0 Å². The Morgan fingerprint density at radius 3 is 1.41 bits per heavy atom. The van der Waals surface area contributed by atoms with Gasteiger partial charge in [0, 0.05) is 6.61 Å². The maximum absolute atomic E-state index is 13.3. The van der Waals surface area contributed by atoms with E-state index in [-0.39, 0.29) is 30.4 Å². The molecule has 6 nitrogen and oxygen atoms in total. The lowest BCUT2D eigenvalue weighted by molar-refractivity contribution is -0.149. The average molecular weight is 722 g/mol. The van der Waals surface area contributed by atoms with Crippen molar-refractivity contribution in [1.82, 2.24) is 4.90 Å². The van der Waals surface area contributed by atoms with E-state index < -0.39 is 0 Å². The molecule has 3 atom stereocenters. The molecule has 0 aliphatic heterocycles. The highest BCUT2D eigenvalue weighted by atomic mass is 16.5. The summed E-state index contributed by atoms with van der Waals surface area (Å²) < 4.78 is 12.0. The predicted octanol–water partition coefficient (Wildman–Crippen LogP) is 12.4. The second-order valence-corrected chi connectivity index (χ2v) is 15.6. The van der Waals surface area contributed by atoms with Gasteiger partial charge in [-0.2, -0.15) is 0 Å². The number of nitrogens with zero attached hydrogens (tertiary/aromatic N) is 1. The molecule has 0 spiro atoms. The molecule has 0 fully saturated rings. The van der Waals surface area contributed by atoms with Crippen molar-refractivity contribution in [3.8, 4) is 0 Å². The third-order valence-corrected chi connectivity index (χ3v) is 10.7. The first-order chi connectivity index (χ1) is 24.9. The number of hydrogen-bond donors (Lipinski definition) is 1. The van der Waals surface area contributed by atoms with Crippen LogP contribution in [0.25, 0.3) is 0 Å². The summed E-state index contributed by atoms with van der Waals surface area (Å²) in [6.07, 6.45) is 34.0. The molecule has 3 unspecified atom stereocenters. The molecule has 0 amide bonds. The van der Waals surface area contributed by atoms with E-state index in [4.69, 9.17) is 14.6 Å². The van der Waals surface area contributed by atoms with Crippen molar-refractivity contribution in [1.29, 1.82) is 0 Å². The molecule has 0 aromatic heterocycles. The molecule has 51 heavy (non-hydrogen) atoms. The molecular weight excluding hydrogens is 634 g/mol. The number of ether oxygens (including phenoxy) is 2. The lowest BCUT2D eigenvalue weighted by Gasteiger charge is -2.22. The molecule has 302 valence electrons. The Kier molecular flexibility index (Phi) is 37.3. The average Bonchev–Trinajstić information content (AvgIpc) is 3.12. The van der Waals surface area contributed by atoms with Crippen molar-refractivity contribution < 1.29 is 24.2 Å². The van der Waals surface area contributed by atoms with Crippen LogP contribution in [0, 0.1) is 17.8 Å². The van der Waals surface area contributed by atoms with Gasteiger partial charge in [-0.1, -0.05) is 136 Å². The van der Waals surface area contributed by atoms with Gasteiger partial charge in [0.15, 0.2) is 0 Å². The summed E-state index contributed by atoms with van der Waals surface area (Å²) in [5, 5.41) is 9.14. The number of carbonyl (C=O) groups is 2. The van der Waals surface area contributed by atoms with Crippen molar-refractivity contribution in [2.24, 2.45) is 17.8 Å². The van der Waals surface area contributed by atoms with Crippen LogP contribution in [0.5, 0.6) is 0 Å². The van der Waals surface area contributed by atoms with Crippen LogP contribution in [0.3, 0.4) is 0 Å². The highest BCUT2D eigenvalue weighted by Crippen LogP contribution is 2.24. The van der Waals surface area contributed by atoms with Crippen LogP contribution in [-0.2, 0) is 19.1 Å². The van der Waals surface area contributed by atoms with Gasteiger partial charge in [0.25, 0.3) is 0 Å². The number of rotatable bonds is 40. The topological polar surface area (TPSA) is 76.1 Å². The number of aliphatic hydroxyl groups is 1. The Morgan fingerprint density at radius 1 is 0.549 bits per heavy atom. The Morgan fingerprint density at radius 2 is 0.961 bits per heavy atom. The highest BCUT2D eigenvalue weighted by molar-refractivity contribution is 5.72. The van der Waals surface area contributed by atoms with Gasteiger partial charge in [0.05, 0.1) is 25.0 Å². The van der Waals surface area contributed by atoms with Gasteiger partial charge in [-0.15, -0.1) is 6.58 Å². The van der Waals surface area contributed by atoms with E-state index >= 15 is 0 Å². The number of allylic oxidation sites excluding steroid dienone is 1. The van der Waals surface area contributed by atoms with Gasteiger partial charge in [-0.05, 0) is 103 Å². The first kappa shape index (κ1) is 49.6. The van der Waals surface area contributed by atoms with E-state index in [2.05, 4.69) is 39.3 Å². The SMILES string of the molecule is C=CCCCCC(CCCCCCCC)C(=O)OCCC(CCCN(C)CCCCO)CCOC(=O)C(CCCCCC)CCCCCCCC. The fourth-order valence-corrected chi connectivity index (χ4v) is 7.18. The van der Waals surface area contributed by atoms with Crippen molar-refractivity contribution in [2.75, 3.05) is 40.0 Å². The molecule has 0 aliphatic carbocycles. The molecule has 0 heterocycles. The zero-order chi connectivity index (χ0) is 37.6. The first-order valence-corrected chi connectivity index (χ1v) is 22.2. The summed E-state index contributed by atoms with van der Waals surface area (Å²) in [4.78, 5) is 29.0. The molecule has 0 radical (unpaired) electrons. The highest BCUT2D eigenvalue weighted by Gasteiger charge is 2.22. The smallest absolute Gasteiger partial charge is 0.308 e. The zero-order valence-electron chi connectivity index (χ0n) is 34.6. The standard InChI is InChI=1S/C45H87NO5/c1-6-10-14-18-20-24-32-42(30-22-16-12-8-3)44(48)50-39-34-41(29-28-37-46(5)36-26-27-38-47)35-40-51-45(49)43(31-23-17-13-9-4)33-25-21-19-15-11-7-2/h8,41-43,47H,3,6-7,9-40H2,1-2,4-5H3. The van der Waals surface area contributed by atoms with E-state index in [0.29, 0.717) is 19.1 Å². The largest absolute Gasteiger partial charge is 0.465 e. The van der Waals surface area contributed by atoms with Gasteiger partial charge in [0.1, 0.15) is 0 Å². The van der Waals surface area contributed by atoms with Crippen LogP contribution >= 0.6 is 0 Å². The van der Waals surface area contributed by atoms with Crippen molar-refractivity contribution in [2.45, 2.75) is 207 Å². The molecular formula is C45H87NO5. The molecule has 0 aromatic carbocycles. The van der Waals surface area contributed by atoms with Gasteiger partial charge in [-0.25, -0.2) is 0 Å². The lowest BCUT2D eigenvalue weighted by atomic mass is 9.94. The number of aliphatic hydroxyl groups excluding tert-OH is 1. The molecule has 0 aromatic rings. The molecule has 0 saturated heterocycles. The second-order valence-electron chi connectivity index (χ2n) is 15.6. The summed E-state index contributed by atoms with van der Waals surface area (Å²) in [7, 11) is 2.15.